The minimum atomic E-state index is 0.351. The molecule has 2 aliphatic heterocycles. The van der Waals surface area contributed by atoms with Gasteiger partial charge in [-0.15, -0.1) is 0 Å². The third kappa shape index (κ3) is 4.71. The van der Waals surface area contributed by atoms with E-state index in [9.17, 15) is 0 Å². The second-order valence-electron chi connectivity index (χ2n) is 7.37. The van der Waals surface area contributed by atoms with Crippen molar-refractivity contribution in [3.8, 4) is 0 Å². The number of hydrogen-bond donors (Lipinski definition) is 1. The molecule has 2 aliphatic rings. The zero-order valence-corrected chi connectivity index (χ0v) is 13.8. The lowest BCUT2D eigenvalue weighted by atomic mass is 9.81. The number of likely N-dealkylation sites (tertiary alicyclic amines) is 1. The molecule has 1 N–H and O–H groups in total. The van der Waals surface area contributed by atoms with Gasteiger partial charge in [0.1, 0.15) is 0 Å². The molecular weight excluding hydrogens is 248 g/mol. The monoisotopic (exact) mass is 282 g/mol. The van der Waals surface area contributed by atoms with Gasteiger partial charge >= 0.3 is 0 Å². The van der Waals surface area contributed by atoms with Gasteiger partial charge in [-0.1, -0.05) is 27.2 Å². The molecule has 118 valence electrons. The normalized spacial score (nSPS) is 32.1. The van der Waals surface area contributed by atoms with Crippen LogP contribution in [0.2, 0.25) is 0 Å². The van der Waals surface area contributed by atoms with E-state index >= 15 is 0 Å². The topological polar surface area (TPSA) is 24.5 Å². The fourth-order valence-corrected chi connectivity index (χ4v) is 3.83. The zero-order chi connectivity index (χ0) is 14.4. The van der Waals surface area contributed by atoms with Crippen molar-refractivity contribution in [1.82, 2.24) is 10.2 Å². The van der Waals surface area contributed by atoms with Crippen molar-refractivity contribution in [2.75, 3.05) is 39.4 Å². The molecule has 0 aromatic carbocycles. The van der Waals surface area contributed by atoms with Crippen molar-refractivity contribution >= 4 is 0 Å². The SMILES string of the molecule is CCCC1CCN(CC2(CNC(C)C)CCCOC2)C1. The van der Waals surface area contributed by atoms with Crippen LogP contribution < -0.4 is 5.32 Å². The second kappa shape index (κ2) is 7.77. The average molecular weight is 282 g/mol. The van der Waals surface area contributed by atoms with Gasteiger partial charge in [-0.3, -0.25) is 0 Å². The summed E-state index contributed by atoms with van der Waals surface area (Å²) in [7, 11) is 0. The maximum absolute atomic E-state index is 5.84. The van der Waals surface area contributed by atoms with Crippen LogP contribution >= 0.6 is 0 Å². The lowest BCUT2D eigenvalue weighted by Gasteiger charge is -2.40. The van der Waals surface area contributed by atoms with E-state index in [0.717, 1.165) is 25.7 Å². The molecular formula is C17H34N2O. The van der Waals surface area contributed by atoms with Crippen LogP contribution in [0.25, 0.3) is 0 Å². The number of rotatable bonds is 7. The van der Waals surface area contributed by atoms with Crippen molar-refractivity contribution in [1.29, 1.82) is 0 Å². The molecule has 0 spiro atoms. The van der Waals surface area contributed by atoms with E-state index in [4.69, 9.17) is 4.74 Å². The van der Waals surface area contributed by atoms with Crippen LogP contribution in [0, 0.1) is 11.3 Å². The highest BCUT2D eigenvalue weighted by Crippen LogP contribution is 2.32. The quantitative estimate of drug-likeness (QED) is 0.777. The fourth-order valence-electron chi connectivity index (χ4n) is 3.83. The van der Waals surface area contributed by atoms with Crippen molar-refractivity contribution in [2.24, 2.45) is 11.3 Å². The van der Waals surface area contributed by atoms with Crippen LogP contribution in [-0.4, -0.2) is 50.3 Å². The number of ether oxygens (including phenoxy) is 1. The average Bonchev–Trinajstić information content (AvgIpc) is 2.85. The predicted octanol–water partition coefficient (Wildman–Crippen LogP) is 2.90. The van der Waals surface area contributed by atoms with E-state index in [1.807, 2.05) is 0 Å². The van der Waals surface area contributed by atoms with Gasteiger partial charge in [0.05, 0.1) is 6.61 Å². The summed E-state index contributed by atoms with van der Waals surface area (Å²) >= 11 is 0. The molecule has 0 bridgehead atoms. The van der Waals surface area contributed by atoms with Gasteiger partial charge in [0.25, 0.3) is 0 Å². The van der Waals surface area contributed by atoms with Gasteiger partial charge in [0.15, 0.2) is 0 Å². The van der Waals surface area contributed by atoms with Crippen LogP contribution in [-0.2, 0) is 4.74 Å². The molecule has 3 heteroatoms. The molecule has 2 saturated heterocycles. The van der Waals surface area contributed by atoms with Gasteiger partial charge < -0.3 is 15.0 Å². The van der Waals surface area contributed by atoms with Crippen molar-refractivity contribution in [3.63, 3.8) is 0 Å². The molecule has 3 nitrogen and oxygen atoms in total. The van der Waals surface area contributed by atoms with E-state index in [2.05, 4.69) is 31.0 Å². The Morgan fingerprint density at radius 1 is 1.40 bits per heavy atom. The highest BCUT2D eigenvalue weighted by atomic mass is 16.5. The summed E-state index contributed by atoms with van der Waals surface area (Å²) in [5.41, 5.74) is 0.351. The van der Waals surface area contributed by atoms with E-state index in [1.165, 1.54) is 51.7 Å². The van der Waals surface area contributed by atoms with Crippen LogP contribution in [0.5, 0.6) is 0 Å². The van der Waals surface area contributed by atoms with E-state index in [1.54, 1.807) is 0 Å². The summed E-state index contributed by atoms with van der Waals surface area (Å²) in [5, 5.41) is 3.66. The third-order valence-corrected chi connectivity index (χ3v) is 4.92. The largest absolute Gasteiger partial charge is 0.381 e. The van der Waals surface area contributed by atoms with E-state index < -0.39 is 0 Å². The smallest absolute Gasteiger partial charge is 0.0546 e. The molecule has 0 aromatic heterocycles. The van der Waals surface area contributed by atoms with Gasteiger partial charge in [-0.05, 0) is 38.1 Å². The first-order valence-corrected chi connectivity index (χ1v) is 8.67. The summed E-state index contributed by atoms with van der Waals surface area (Å²) in [6, 6.07) is 0.570. The molecule has 0 saturated carbocycles. The summed E-state index contributed by atoms with van der Waals surface area (Å²) < 4.78 is 5.84. The summed E-state index contributed by atoms with van der Waals surface area (Å²) in [6.45, 7) is 13.7. The van der Waals surface area contributed by atoms with Crippen molar-refractivity contribution in [3.05, 3.63) is 0 Å². The number of hydrogen-bond acceptors (Lipinski definition) is 3. The van der Waals surface area contributed by atoms with Gasteiger partial charge in [-0.2, -0.15) is 0 Å². The lowest BCUT2D eigenvalue weighted by molar-refractivity contribution is -0.0243. The highest BCUT2D eigenvalue weighted by Gasteiger charge is 2.36. The van der Waals surface area contributed by atoms with Crippen molar-refractivity contribution < 1.29 is 4.74 Å². The second-order valence-corrected chi connectivity index (χ2v) is 7.37. The molecule has 0 aliphatic carbocycles. The van der Waals surface area contributed by atoms with Crippen LogP contribution in [0.3, 0.4) is 0 Å². The Hall–Kier alpha value is -0.120. The Kier molecular flexibility index (Phi) is 6.31. The molecule has 2 rings (SSSR count). The summed E-state index contributed by atoms with van der Waals surface area (Å²) in [6.07, 6.45) is 6.70. The number of nitrogens with zero attached hydrogens (tertiary/aromatic N) is 1. The van der Waals surface area contributed by atoms with E-state index in [0.29, 0.717) is 11.5 Å². The van der Waals surface area contributed by atoms with Crippen LogP contribution in [0.15, 0.2) is 0 Å². The molecule has 0 aromatic rings. The lowest BCUT2D eigenvalue weighted by Crippen LogP contribution is -2.49. The number of nitrogens with one attached hydrogen (secondary N) is 1. The van der Waals surface area contributed by atoms with Gasteiger partial charge in [0.2, 0.25) is 0 Å². The predicted molar refractivity (Wildman–Crippen MR) is 85.1 cm³/mol. The minimum absolute atomic E-state index is 0.351. The summed E-state index contributed by atoms with van der Waals surface area (Å²) in [4.78, 5) is 2.71. The molecule has 2 fully saturated rings. The molecule has 2 heterocycles. The Morgan fingerprint density at radius 3 is 2.90 bits per heavy atom. The summed E-state index contributed by atoms with van der Waals surface area (Å²) in [5.74, 6) is 0.944. The molecule has 2 unspecified atom stereocenters. The molecule has 0 amide bonds. The minimum Gasteiger partial charge on any atom is -0.381 e. The molecule has 0 radical (unpaired) electrons. The zero-order valence-electron chi connectivity index (χ0n) is 13.8. The first kappa shape index (κ1) is 16.3. The van der Waals surface area contributed by atoms with Crippen LogP contribution in [0.4, 0.5) is 0 Å². The van der Waals surface area contributed by atoms with E-state index in [-0.39, 0.29) is 0 Å². The maximum atomic E-state index is 5.84. The van der Waals surface area contributed by atoms with Gasteiger partial charge in [-0.25, -0.2) is 0 Å². The Bertz CT molecular complexity index is 274. The maximum Gasteiger partial charge on any atom is 0.0546 e. The van der Waals surface area contributed by atoms with Crippen LogP contribution in [0.1, 0.15) is 52.9 Å². The Morgan fingerprint density at radius 2 is 2.25 bits per heavy atom. The molecule has 2 atom stereocenters. The Labute approximate surface area is 125 Å². The van der Waals surface area contributed by atoms with Crippen molar-refractivity contribution in [2.45, 2.75) is 58.9 Å². The Balaban J connectivity index is 1.87. The molecule has 20 heavy (non-hydrogen) atoms. The first-order chi connectivity index (χ1) is 9.63. The fraction of sp³-hybridized carbons (Fsp3) is 1.00. The highest BCUT2D eigenvalue weighted by molar-refractivity contribution is 4.90. The standard InChI is InChI=1S/C17H34N2O/c1-4-6-16-7-9-19(11-16)13-17(12-18-15(2)3)8-5-10-20-14-17/h15-16,18H,4-14H2,1-3H3. The van der Waals surface area contributed by atoms with Gasteiger partial charge in [0, 0.05) is 37.7 Å². The first-order valence-electron chi connectivity index (χ1n) is 8.67. The third-order valence-electron chi connectivity index (χ3n) is 4.92.